The standard InChI is InChI=1S/C23H26N4O2/c1-14(2)29-21-9-7-6-8-18(21)26-22-13-20(24-17(5)25-22)23(28)27-19-12-15(3)10-11-16(19)4/h6-14H,1-5H3,(H,27,28)(H,24,25,26). The summed E-state index contributed by atoms with van der Waals surface area (Å²) in [5.74, 6) is 1.48. The minimum atomic E-state index is -0.279. The maximum absolute atomic E-state index is 12.8. The van der Waals surface area contributed by atoms with Gasteiger partial charge >= 0.3 is 0 Å². The SMILES string of the molecule is Cc1ccc(C)c(NC(=O)c2cc(Nc3ccccc3OC(C)C)nc(C)n2)c1. The van der Waals surface area contributed by atoms with Crippen LogP contribution >= 0.6 is 0 Å². The Morgan fingerprint density at radius 2 is 1.72 bits per heavy atom. The van der Waals surface area contributed by atoms with Gasteiger partial charge in [-0.3, -0.25) is 4.79 Å². The highest BCUT2D eigenvalue weighted by Gasteiger charge is 2.13. The van der Waals surface area contributed by atoms with E-state index >= 15 is 0 Å². The Kier molecular flexibility index (Phi) is 6.12. The van der Waals surface area contributed by atoms with Crippen LogP contribution in [0, 0.1) is 20.8 Å². The molecule has 1 aromatic heterocycles. The fourth-order valence-electron chi connectivity index (χ4n) is 2.87. The molecule has 0 saturated carbocycles. The van der Waals surface area contributed by atoms with Crippen LogP contribution in [-0.2, 0) is 0 Å². The van der Waals surface area contributed by atoms with E-state index in [1.54, 1.807) is 13.0 Å². The van der Waals surface area contributed by atoms with Crippen molar-refractivity contribution in [2.45, 2.75) is 40.7 Å². The van der Waals surface area contributed by atoms with Crippen molar-refractivity contribution in [2.75, 3.05) is 10.6 Å². The first-order valence-corrected chi connectivity index (χ1v) is 9.59. The summed E-state index contributed by atoms with van der Waals surface area (Å²) in [6.07, 6.45) is 0.0454. The van der Waals surface area contributed by atoms with Gasteiger partial charge in [-0.25, -0.2) is 9.97 Å². The molecule has 150 valence electrons. The van der Waals surface area contributed by atoms with Gasteiger partial charge in [-0.05, 0) is 63.9 Å². The number of rotatable bonds is 6. The van der Waals surface area contributed by atoms with Crippen LogP contribution in [0.1, 0.15) is 41.3 Å². The Morgan fingerprint density at radius 1 is 0.966 bits per heavy atom. The van der Waals surface area contributed by atoms with E-state index < -0.39 is 0 Å². The highest BCUT2D eigenvalue weighted by atomic mass is 16.5. The molecule has 2 aromatic carbocycles. The smallest absolute Gasteiger partial charge is 0.274 e. The zero-order valence-corrected chi connectivity index (χ0v) is 17.4. The third kappa shape index (κ3) is 5.31. The van der Waals surface area contributed by atoms with Crippen molar-refractivity contribution < 1.29 is 9.53 Å². The Morgan fingerprint density at radius 3 is 2.48 bits per heavy atom. The number of nitrogens with one attached hydrogen (secondary N) is 2. The Balaban J connectivity index is 1.85. The van der Waals surface area contributed by atoms with Gasteiger partial charge in [-0.1, -0.05) is 24.3 Å². The van der Waals surface area contributed by atoms with E-state index in [-0.39, 0.29) is 12.0 Å². The lowest BCUT2D eigenvalue weighted by molar-refractivity contribution is 0.102. The number of aryl methyl sites for hydroxylation is 3. The molecule has 3 rings (SSSR count). The van der Waals surface area contributed by atoms with Gasteiger partial charge in [0.15, 0.2) is 0 Å². The first-order chi connectivity index (χ1) is 13.8. The second-order valence-electron chi connectivity index (χ2n) is 7.25. The van der Waals surface area contributed by atoms with Crippen molar-refractivity contribution in [3.05, 3.63) is 71.2 Å². The number of aromatic nitrogens is 2. The lowest BCUT2D eigenvalue weighted by atomic mass is 10.1. The van der Waals surface area contributed by atoms with Crippen LogP contribution in [-0.4, -0.2) is 22.0 Å². The number of para-hydroxylation sites is 2. The summed E-state index contributed by atoms with van der Waals surface area (Å²) in [6.45, 7) is 9.65. The summed E-state index contributed by atoms with van der Waals surface area (Å²) in [5, 5.41) is 6.18. The molecular weight excluding hydrogens is 364 g/mol. The van der Waals surface area contributed by atoms with Gasteiger partial charge in [0.05, 0.1) is 11.8 Å². The van der Waals surface area contributed by atoms with Gasteiger partial charge in [-0.2, -0.15) is 0 Å². The minimum absolute atomic E-state index is 0.0454. The van der Waals surface area contributed by atoms with E-state index in [2.05, 4.69) is 20.6 Å². The predicted octanol–water partition coefficient (Wildman–Crippen LogP) is 5.18. The summed E-state index contributed by atoms with van der Waals surface area (Å²) in [5.41, 5.74) is 3.92. The van der Waals surface area contributed by atoms with Crippen molar-refractivity contribution in [2.24, 2.45) is 0 Å². The molecule has 1 amide bonds. The summed E-state index contributed by atoms with van der Waals surface area (Å²) < 4.78 is 5.84. The second kappa shape index (κ2) is 8.73. The number of benzene rings is 2. The minimum Gasteiger partial charge on any atom is -0.489 e. The third-order valence-corrected chi connectivity index (χ3v) is 4.22. The highest BCUT2D eigenvalue weighted by Crippen LogP contribution is 2.28. The first kappa shape index (κ1) is 20.3. The second-order valence-corrected chi connectivity index (χ2v) is 7.25. The quantitative estimate of drug-likeness (QED) is 0.606. The average molecular weight is 390 g/mol. The number of hydrogen-bond acceptors (Lipinski definition) is 5. The molecule has 3 aromatic rings. The molecule has 0 aliphatic heterocycles. The van der Waals surface area contributed by atoms with Crippen LogP contribution in [0.15, 0.2) is 48.5 Å². The predicted molar refractivity (Wildman–Crippen MR) is 116 cm³/mol. The van der Waals surface area contributed by atoms with Crippen LogP contribution in [0.2, 0.25) is 0 Å². The third-order valence-electron chi connectivity index (χ3n) is 4.22. The molecule has 0 atom stereocenters. The zero-order chi connectivity index (χ0) is 21.0. The number of anilines is 3. The van der Waals surface area contributed by atoms with Gasteiger partial charge in [-0.15, -0.1) is 0 Å². The van der Waals surface area contributed by atoms with Crippen molar-refractivity contribution in [1.29, 1.82) is 0 Å². The van der Waals surface area contributed by atoms with Crippen LogP contribution < -0.4 is 15.4 Å². The van der Waals surface area contributed by atoms with Crippen molar-refractivity contribution in [3.63, 3.8) is 0 Å². The summed E-state index contributed by atoms with van der Waals surface area (Å²) in [4.78, 5) is 21.5. The molecular formula is C23H26N4O2. The van der Waals surface area contributed by atoms with E-state index in [9.17, 15) is 4.79 Å². The largest absolute Gasteiger partial charge is 0.489 e. The molecule has 0 fully saturated rings. The van der Waals surface area contributed by atoms with Crippen LogP contribution in [0.3, 0.4) is 0 Å². The first-order valence-electron chi connectivity index (χ1n) is 9.59. The molecule has 2 N–H and O–H groups in total. The van der Waals surface area contributed by atoms with E-state index in [0.717, 1.165) is 28.3 Å². The van der Waals surface area contributed by atoms with Gasteiger partial charge in [0.2, 0.25) is 0 Å². The molecule has 0 aliphatic carbocycles. The van der Waals surface area contributed by atoms with E-state index in [0.29, 0.717) is 17.3 Å². The summed E-state index contributed by atoms with van der Waals surface area (Å²) >= 11 is 0. The van der Waals surface area contributed by atoms with Crippen LogP contribution in [0.4, 0.5) is 17.2 Å². The molecule has 0 bridgehead atoms. The number of carbonyl (C=O) groups excluding carboxylic acids is 1. The van der Waals surface area contributed by atoms with Gasteiger partial charge in [0, 0.05) is 11.8 Å². The highest BCUT2D eigenvalue weighted by molar-refractivity contribution is 6.03. The molecule has 0 aliphatic rings. The zero-order valence-electron chi connectivity index (χ0n) is 17.4. The van der Waals surface area contributed by atoms with Crippen LogP contribution in [0.5, 0.6) is 5.75 Å². The molecule has 0 unspecified atom stereocenters. The fraction of sp³-hybridized carbons (Fsp3) is 0.261. The van der Waals surface area contributed by atoms with Gasteiger partial charge in [0.1, 0.15) is 23.1 Å². The van der Waals surface area contributed by atoms with E-state index in [4.69, 9.17) is 4.74 Å². The molecule has 0 saturated heterocycles. The summed E-state index contributed by atoms with van der Waals surface area (Å²) in [7, 11) is 0. The number of nitrogens with zero attached hydrogens (tertiary/aromatic N) is 2. The van der Waals surface area contributed by atoms with Gasteiger partial charge < -0.3 is 15.4 Å². The molecule has 0 spiro atoms. The number of ether oxygens (including phenoxy) is 1. The number of hydrogen-bond donors (Lipinski definition) is 2. The van der Waals surface area contributed by atoms with Gasteiger partial charge in [0.25, 0.3) is 5.91 Å². The summed E-state index contributed by atoms with van der Waals surface area (Å²) in [6, 6.07) is 15.2. The molecule has 6 heteroatoms. The topological polar surface area (TPSA) is 76.1 Å². The normalized spacial score (nSPS) is 10.7. The van der Waals surface area contributed by atoms with E-state index in [1.807, 2.05) is 70.2 Å². The van der Waals surface area contributed by atoms with Crippen molar-refractivity contribution in [3.8, 4) is 5.75 Å². The number of carbonyl (C=O) groups is 1. The van der Waals surface area contributed by atoms with Crippen molar-refractivity contribution >= 4 is 23.1 Å². The molecule has 1 heterocycles. The maximum Gasteiger partial charge on any atom is 0.274 e. The average Bonchev–Trinajstić information content (AvgIpc) is 2.65. The monoisotopic (exact) mass is 390 g/mol. The Labute approximate surface area is 171 Å². The molecule has 29 heavy (non-hydrogen) atoms. The lowest BCUT2D eigenvalue weighted by Gasteiger charge is -2.15. The van der Waals surface area contributed by atoms with E-state index in [1.165, 1.54) is 0 Å². The lowest BCUT2D eigenvalue weighted by Crippen LogP contribution is -2.16. The van der Waals surface area contributed by atoms with Crippen LogP contribution in [0.25, 0.3) is 0 Å². The fourth-order valence-corrected chi connectivity index (χ4v) is 2.87. The molecule has 0 radical (unpaired) electrons. The number of amides is 1. The maximum atomic E-state index is 12.8. The molecule has 6 nitrogen and oxygen atoms in total. The Hall–Kier alpha value is -3.41. The Bertz CT molecular complexity index is 1030. The van der Waals surface area contributed by atoms with Crippen molar-refractivity contribution in [1.82, 2.24) is 9.97 Å².